The predicted molar refractivity (Wildman–Crippen MR) is 144 cm³/mol. The third-order valence-electron chi connectivity index (χ3n) is 8.18. The Hall–Kier alpha value is -2.24. The zero-order chi connectivity index (χ0) is 27.6. The van der Waals surface area contributed by atoms with Gasteiger partial charge in [-0.15, -0.1) is 0 Å². The minimum absolute atomic E-state index is 0.136. The lowest BCUT2D eigenvalue weighted by molar-refractivity contribution is -0.224. The molecule has 0 heterocycles. The van der Waals surface area contributed by atoms with Crippen molar-refractivity contribution in [2.45, 2.75) is 117 Å². The summed E-state index contributed by atoms with van der Waals surface area (Å²) in [6, 6.07) is 4.75. The van der Waals surface area contributed by atoms with Crippen molar-refractivity contribution in [2.24, 2.45) is 0 Å². The predicted octanol–water partition coefficient (Wildman–Crippen LogP) is 9.79. The van der Waals surface area contributed by atoms with Gasteiger partial charge in [-0.3, -0.25) is 0 Å². The SMILES string of the molecule is CCC(C)c1cc(C(F)(F)C(F)(F)c2cc(C(C)CC)c(N)c(C(C)CC)c2)cc(C(C)CC)c1N. The normalized spacial score (nSPS) is 16.0. The third-order valence-corrected chi connectivity index (χ3v) is 8.18. The van der Waals surface area contributed by atoms with Gasteiger partial charge in [-0.1, -0.05) is 55.4 Å². The highest BCUT2D eigenvalue weighted by Crippen LogP contribution is 2.52. The van der Waals surface area contributed by atoms with Crippen molar-refractivity contribution in [3.63, 3.8) is 0 Å². The molecule has 0 aliphatic rings. The molecule has 0 spiro atoms. The third kappa shape index (κ3) is 5.38. The second-order valence-corrected chi connectivity index (χ2v) is 10.5. The Bertz CT molecular complexity index is 902. The van der Waals surface area contributed by atoms with Crippen LogP contribution in [0.15, 0.2) is 24.3 Å². The van der Waals surface area contributed by atoms with Gasteiger partial charge in [0.05, 0.1) is 0 Å². The Labute approximate surface area is 214 Å². The van der Waals surface area contributed by atoms with Gasteiger partial charge in [-0.05, 0) is 95.9 Å². The van der Waals surface area contributed by atoms with E-state index in [0.717, 1.165) is 0 Å². The quantitative estimate of drug-likeness (QED) is 0.234. The molecule has 6 heteroatoms. The molecule has 2 aromatic rings. The number of alkyl halides is 4. The Morgan fingerprint density at radius 2 is 0.722 bits per heavy atom. The Morgan fingerprint density at radius 1 is 0.528 bits per heavy atom. The van der Waals surface area contributed by atoms with Crippen molar-refractivity contribution < 1.29 is 17.6 Å². The number of hydrogen-bond donors (Lipinski definition) is 2. The fourth-order valence-electron chi connectivity index (χ4n) is 4.63. The molecule has 0 fully saturated rings. The fourth-order valence-corrected chi connectivity index (χ4v) is 4.63. The maximum absolute atomic E-state index is 16.0. The highest BCUT2D eigenvalue weighted by Gasteiger charge is 2.59. The summed E-state index contributed by atoms with van der Waals surface area (Å²) in [6.45, 7) is 15.2. The molecular weight excluding hydrogens is 464 g/mol. The van der Waals surface area contributed by atoms with E-state index in [1.165, 1.54) is 24.3 Å². The summed E-state index contributed by atoms with van der Waals surface area (Å²) in [6.07, 6.45) is 2.63. The Balaban J connectivity index is 2.83. The lowest BCUT2D eigenvalue weighted by atomic mass is 9.82. The molecule has 2 aromatic carbocycles. The average Bonchev–Trinajstić information content (AvgIpc) is 2.86. The van der Waals surface area contributed by atoms with E-state index in [1.807, 2.05) is 55.4 Å². The second kappa shape index (κ2) is 11.4. The summed E-state index contributed by atoms with van der Waals surface area (Å²) < 4.78 is 63.8. The van der Waals surface area contributed by atoms with Crippen LogP contribution >= 0.6 is 0 Å². The molecule has 4 atom stereocenters. The molecule has 0 bridgehead atoms. The number of nitrogen functional groups attached to an aromatic ring is 2. The maximum Gasteiger partial charge on any atom is 0.339 e. The van der Waals surface area contributed by atoms with Gasteiger partial charge in [0, 0.05) is 22.5 Å². The van der Waals surface area contributed by atoms with Crippen LogP contribution in [0, 0.1) is 0 Å². The second-order valence-electron chi connectivity index (χ2n) is 10.5. The largest absolute Gasteiger partial charge is 0.398 e. The lowest BCUT2D eigenvalue weighted by Crippen LogP contribution is -2.36. The minimum atomic E-state index is -4.44. The number of anilines is 2. The summed E-state index contributed by atoms with van der Waals surface area (Å²) in [5.41, 5.74) is 14.2. The van der Waals surface area contributed by atoms with Crippen molar-refractivity contribution in [2.75, 3.05) is 11.5 Å². The average molecular weight is 509 g/mol. The van der Waals surface area contributed by atoms with Gasteiger partial charge in [0.2, 0.25) is 0 Å². The van der Waals surface area contributed by atoms with Gasteiger partial charge in [-0.2, -0.15) is 17.6 Å². The van der Waals surface area contributed by atoms with E-state index in [-0.39, 0.29) is 23.7 Å². The molecule has 0 amide bonds. The number of benzene rings is 2. The van der Waals surface area contributed by atoms with E-state index in [2.05, 4.69) is 0 Å². The fraction of sp³-hybridized carbons (Fsp3) is 0.600. The molecule has 0 aliphatic heterocycles. The van der Waals surface area contributed by atoms with Gasteiger partial charge >= 0.3 is 11.8 Å². The maximum atomic E-state index is 16.0. The number of hydrogen-bond acceptors (Lipinski definition) is 2. The monoisotopic (exact) mass is 508 g/mol. The van der Waals surface area contributed by atoms with E-state index < -0.39 is 23.0 Å². The van der Waals surface area contributed by atoms with E-state index in [4.69, 9.17) is 11.5 Å². The van der Waals surface area contributed by atoms with Gasteiger partial charge < -0.3 is 11.5 Å². The van der Waals surface area contributed by atoms with Crippen molar-refractivity contribution in [3.05, 3.63) is 57.6 Å². The van der Waals surface area contributed by atoms with Gasteiger partial charge in [0.15, 0.2) is 0 Å². The molecule has 0 aliphatic carbocycles. The summed E-state index contributed by atoms with van der Waals surface area (Å²) in [4.78, 5) is 0. The number of nitrogens with two attached hydrogens (primary N) is 2. The van der Waals surface area contributed by atoms with Gasteiger partial charge in [-0.25, -0.2) is 0 Å². The van der Waals surface area contributed by atoms with Crippen LogP contribution in [-0.4, -0.2) is 0 Å². The highest BCUT2D eigenvalue weighted by atomic mass is 19.3. The Morgan fingerprint density at radius 3 is 0.889 bits per heavy atom. The van der Waals surface area contributed by atoms with Crippen molar-refractivity contribution in [3.8, 4) is 0 Å². The molecule has 0 radical (unpaired) electrons. The minimum Gasteiger partial charge on any atom is -0.398 e. The van der Waals surface area contributed by atoms with Crippen LogP contribution in [0.4, 0.5) is 28.9 Å². The van der Waals surface area contributed by atoms with Crippen LogP contribution in [-0.2, 0) is 11.8 Å². The topological polar surface area (TPSA) is 52.0 Å². The van der Waals surface area contributed by atoms with Crippen molar-refractivity contribution >= 4 is 11.4 Å². The molecule has 2 nitrogen and oxygen atoms in total. The zero-order valence-corrected chi connectivity index (χ0v) is 23.1. The van der Waals surface area contributed by atoms with Crippen LogP contribution in [0.1, 0.15) is 138 Å². The lowest BCUT2D eigenvalue weighted by Gasteiger charge is -2.31. The molecule has 4 unspecified atom stereocenters. The van der Waals surface area contributed by atoms with E-state index >= 15 is 17.6 Å². The summed E-state index contributed by atoms with van der Waals surface area (Å²) >= 11 is 0. The molecule has 4 N–H and O–H groups in total. The van der Waals surface area contributed by atoms with Crippen molar-refractivity contribution in [1.29, 1.82) is 0 Å². The summed E-state index contributed by atoms with van der Waals surface area (Å²) in [7, 11) is 0. The molecule has 0 aromatic heterocycles. The molecule has 0 saturated carbocycles. The van der Waals surface area contributed by atoms with Crippen LogP contribution in [0.25, 0.3) is 0 Å². The molecule has 0 saturated heterocycles. The van der Waals surface area contributed by atoms with E-state index in [1.54, 1.807) is 0 Å². The van der Waals surface area contributed by atoms with Crippen LogP contribution in [0.2, 0.25) is 0 Å². The first-order chi connectivity index (χ1) is 16.7. The Kier molecular flexibility index (Phi) is 9.52. The van der Waals surface area contributed by atoms with Gasteiger partial charge in [0.25, 0.3) is 0 Å². The van der Waals surface area contributed by atoms with E-state index in [9.17, 15) is 0 Å². The smallest absolute Gasteiger partial charge is 0.339 e. The zero-order valence-electron chi connectivity index (χ0n) is 23.1. The number of halogens is 4. The first-order valence-electron chi connectivity index (χ1n) is 13.3. The molecule has 36 heavy (non-hydrogen) atoms. The van der Waals surface area contributed by atoms with Crippen molar-refractivity contribution in [1.82, 2.24) is 0 Å². The first-order valence-corrected chi connectivity index (χ1v) is 13.3. The van der Waals surface area contributed by atoms with Crippen LogP contribution < -0.4 is 11.5 Å². The number of rotatable bonds is 11. The first kappa shape index (κ1) is 30.0. The standard InChI is InChI=1S/C30H44F4N2/c1-9-17(5)23-13-21(14-24(27(23)35)18(6)10-2)29(31,32)30(33,34)22-15-25(19(7)11-3)28(36)26(16-22)20(8)12-4/h13-20H,9-12,35-36H2,1-8H3. The van der Waals surface area contributed by atoms with Gasteiger partial charge in [0.1, 0.15) is 0 Å². The molecule has 2 rings (SSSR count). The van der Waals surface area contributed by atoms with Crippen LogP contribution in [0.5, 0.6) is 0 Å². The van der Waals surface area contributed by atoms with Crippen LogP contribution in [0.3, 0.4) is 0 Å². The molecular formula is C30H44F4N2. The summed E-state index contributed by atoms with van der Waals surface area (Å²) in [5, 5.41) is 0. The summed E-state index contributed by atoms with van der Waals surface area (Å²) in [5.74, 6) is -9.43. The highest BCUT2D eigenvalue weighted by molar-refractivity contribution is 5.61. The van der Waals surface area contributed by atoms with E-state index in [0.29, 0.717) is 59.3 Å². The molecule has 202 valence electrons.